The molecule has 2 amide bonds. The quantitative estimate of drug-likeness (QED) is 0.451. The molecule has 3 aromatic rings. The van der Waals surface area contributed by atoms with Gasteiger partial charge in [-0.1, -0.05) is 49.6 Å². The molecular formula is C27H26N2O4. The summed E-state index contributed by atoms with van der Waals surface area (Å²) in [6.07, 6.45) is 6.83. The second-order valence-corrected chi connectivity index (χ2v) is 8.55. The highest BCUT2D eigenvalue weighted by molar-refractivity contribution is 6.20. The number of carbonyl (C=O) groups is 2. The van der Waals surface area contributed by atoms with E-state index in [-0.39, 0.29) is 12.0 Å². The van der Waals surface area contributed by atoms with Gasteiger partial charge in [-0.05, 0) is 60.7 Å². The summed E-state index contributed by atoms with van der Waals surface area (Å²) in [6.45, 7) is 0.387. The number of nitrogens with zero attached hydrogens (tertiary/aromatic N) is 2. The van der Waals surface area contributed by atoms with Crippen LogP contribution < -0.4 is 4.74 Å². The summed E-state index contributed by atoms with van der Waals surface area (Å²) >= 11 is 0. The van der Waals surface area contributed by atoms with Gasteiger partial charge in [0.25, 0.3) is 11.8 Å². The zero-order chi connectivity index (χ0) is 22.6. The average Bonchev–Trinajstić information content (AvgIpc) is 3.12. The largest absolute Gasteiger partial charge is 0.487 e. The summed E-state index contributed by atoms with van der Waals surface area (Å²) in [7, 11) is 0. The molecule has 0 spiro atoms. The molecule has 0 saturated heterocycles. The molecule has 2 aromatic carbocycles. The number of ether oxygens (including phenoxy) is 1. The van der Waals surface area contributed by atoms with E-state index in [0.29, 0.717) is 17.7 Å². The highest BCUT2D eigenvalue weighted by Crippen LogP contribution is 2.39. The first kappa shape index (κ1) is 21.3. The van der Waals surface area contributed by atoms with Crippen LogP contribution in [0.4, 0.5) is 0 Å². The Morgan fingerprint density at radius 1 is 0.848 bits per heavy atom. The van der Waals surface area contributed by atoms with Crippen LogP contribution in [0.5, 0.6) is 5.75 Å². The molecule has 5 rings (SSSR count). The molecule has 0 radical (unpaired) electrons. The fourth-order valence-corrected chi connectivity index (χ4v) is 4.63. The molecule has 168 valence electrons. The number of hydrogen-bond acceptors (Lipinski definition) is 5. The number of rotatable bonds is 7. The van der Waals surface area contributed by atoms with Gasteiger partial charge in [-0.3, -0.25) is 19.4 Å². The Kier molecular flexibility index (Phi) is 6.17. The minimum absolute atomic E-state index is 0.239. The van der Waals surface area contributed by atoms with Crippen LogP contribution >= 0.6 is 0 Å². The maximum atomic E-state index is 12.9. The number of aromatic nitrogens is 1. The molecule has 1 atom stereocenters. The number of benzene rings is 2. The molecule has 2 aliphatic rings. The first-order valence-electron chi connectivity index (χ1n) is 11.5. The Labute approximate surface area is 193 Å². The molecular weight excluding hydrogens is 416 g/mol. The van der Waals surface area contributed by atoms with Gasteiger partial charge in [0.05, 0.1) is 16.8 Å². The minimum atomic E-state index is -0.397. The monoisotopic (exact) mass is 442 g/mol. The molecule has 2 heterocycles. The van der Waals surface area contributed by atoms with E-state index in [2.05, 4.69) is 4.98 Å². The van der Waals surface area contributed by atoms with Crippen LogP contribution in [0.25, 0.3) is 0 Å². The standard InChI is InChI=1S/C27H26N2O4/c30-26-23-11-4-5-12-24(23)27(31)29(26)33-25(19-8-2-1-3-9-19)20-13-15-22(16-14-20)32-18-21-10-6-7-17-28-21/h4-7,10-17,19,25H,1-3,8-9,18H2. The summed E-state index contributed by atoms with van der Waals surface area (Å²) in [5.74, 6) is 0.175. The first-order valence-corrected chi connectivity index (χ1v) is 11.5. The lowest BCUT2D eigenvalue weighted by Gasteiger charge is -2.32. The molecule has 0 bridgehead atoms. The van der Waals surface area contributed by atoms with Gasteiger partial charge in [0, 0.05) is 6.20 Å². The first-order chi connectivity index (χ1) is 16.2. The second kappa shape index (κ2) is 9.55. The highest BCUT2D eigenvalue weighted by atomic mass is 16.7. The van der Waals surface area contributed by atoms with Crippen LogP contribution in [-0.2, 0) is 11.4 Å². The second-order valence-electron chi connectivity index (χ2n) is 8.55. The average molecular weight is 443 g/mol. The summed E-state index contributed by atoms with van der Waals surface area (Å²) in [5, 5.41) is 0.954. The molecule has 1 unspecified atom stereocenters. The highest BCUT2D eigenvalue weighted by Gasteiger charge is 2.40. The van der Waals surface area contributed by atoms with Crippen LogP contribution in [0.15, 0.2) is 72.9 Å². The van der Waals surface area contributed by atoms with Crippen LogP contribution in [-0.4, -0.2) is 21.9 Å². The van der Waals surface area contributed by atoms with Gasteiger partial charge in [0.15, 0.2) is 0 Å². The number of pyridine rings is 1. The Balaban J connectivity index is 1.35. The molecule has 33 heavy (non-hydrogen) atoms. The molecule has 1 aliphatic heterocycles. The lowest BCUT2D eigenvalue weighted by molar-refractivity contribution is -0.156. The van der Waals surface area contributed by atoms with Gasteiger partial charge in [-0.15, -0.1) is 5.06 Å². The zero-order valence-electron chi connectivity index (χ0n) is 18.4. The van der Waals surface area contributed by atoms with Crippen LogP contribution in [0.2, 0.25) is 0 Å². The molecule has 1 fully saturated rings. The van der Waals surface area contributed by atoms with E-state index in [9.17, 15) is 9.59 Å². The predicted octanol–water partition coefficient (Wildman–Crippen LogP) is 5.51. The summed E-state index contributed by atoms with van der Waals surface area (Å²) in [4.78, 5) is 36.2. The number of amides is 2. The van der Waals surface area contributed by atoms with Crippen molar-refractivity contribution in [3.05, 3.63) is 95.3 Å². The van der Waals surface area contributed by atoms with Crippen molar-refractivity contribution in [1.29, 1.82) is 0 Å². The minimum Gasteiger partial charge on any atom is -0.487 e. The maximum absolute atomic E-state index is 12.9. The summed E-state index contributed by atoms with van der Waals surface area (Å²) in [6, 6.07) is 20.3. The van der Waals surface area contributed by atoms with E-state index in [4.69, 9.17) is 9.57 Å². The molecule has 1 aliphatic carbocycles. The van der Waals surface area contributed by atoms with Crippen molar-refractivity contribution in [3.8, 4) is 5.75 Å². The number of imide groups is 1. The van der Waals surface area contributed by atoms with Crippen LogP contribution in [0.1, 0.15) is 70.2 Å². The van der Waals surface area contributed by atoms with Crippen molar-refractivity contribution in [3.63, 3.8) is 0 Å². The van der Waals surface area contributed by atoms with Crippen molar-refractivity contribution in [1.82, 2.24) is 10.0 Å². The zero-order valence-corrected chi connectivity index (χ0v) is 18.4. The Morgan fingerprint density at radius 3 is 2.15 bits per heavy atom. The Hall–Kier alpha value is -3.51. The molecule has 6 heteroatoms. The topological polar surface area (TPSA) is 68.7 Å². The maximum Gasteiger partial charge on any atom is 0.285 e. The fourth-order valence-electron chi connectivity index (χ4n) is 4.63. The molecule has 0 N–H and O–H groups in total. The number of hydroxylamine groups is 2. The van der Waals surface area contributed by atoms with E-state index < -0.39 is 11.8 Å². The Morgan fingerprint density at radius 2 is 1.52 bits per heavy atom. The van der Waals surface area contributed by atoms with Crippen molar-refractivity contribution >= 4 is 11.8 Å². The van der Waals surface area contributed by atoms with E-state index in [0.717, 1.165) is 47.8 Å². The number of fused-ring (bicyclic) bond motifs is 1. The normalized spacial score (nSPS) is 17.2. The number of carbonyl (C=O) groups excluding carboxylic acids is 2. The third kappa shape index (κ3) is 4.52. The van der Waals surface area contributed by atoms with Gasteiger partial charge in [0.1, 0.15) is 18.5 Å². The SMILES string of the molecule is O=C1c2ccccc2C(=O)N1OC(c1ccc(OCc2ccccn2)cc1)C1CCCCC1. The van der Waals surface area contributed by atoms with Gasteiger partial charge in [0.2, 0.25) is 0 Å². The lowest BCUT2D eigenvalue weighted by Crippen LogP contribution is -2.34. The fraction of sp³-hybridized carbons (Fsp3) is 0.296. The summed E-state index contributed by atoms with van der Waals surface area (Å²) in [5.41, 5.74) is 2.57. The summed E-state index contributed by atoms with van der Waals surface area (Å²) < 4.78 is 5.86. The van der Waals surface area contributed by atoms with Gasteiger partial charge < -0.3 is 4.74 Å². The smallest absolute Gasteiger partial charge is 0.285 e. The number of hydrogen-bond donors (Lipinski definition) is 0. The lowest BCUT2D eigenvalue weighted by atomic mass is 9.82. The third-order valence-corrected chi connectivity index (χ3v) is 6.38. The van der Waals surface area contributed by atoms with Crippen molar-refractivity contribution in [2.45, 2.75) is 44.8 Å². The molecule has 1 saturated carbocycles. The van der Waals surface area contributed by atoms with Crippen molar-refractivity contribution in [2.24, 2.45) is 5.92 Å². The predicted molar refractivity (Wildman–Crippen MR) is 122 cm³/mol. The molecule has 6 nitrogen and oxygen atoms in total. The van der Waals surface area contributed by atoms with Crippen LogP contribution in [0, 0.1) is 5.92 Å². The van der Waals surface area contributed by atoms with Gasteiger partial charge in [-0.25, -0.2) is 0 Å². The third-order valence-electron chi connectivity index (χ3n) is 6.38. The van der Waals surface area contributed by atoms with Crippen molar-refractivity contribution < 1.29 is 19.2 Å². The van der Waals surface area contributed by atoms with Gasteiger partial charge in [-0.2, -0.15) is 0 Å². The van der Waals surface area contributed by atoms with Gasteiger partial charge >= 0.3 is 0 Å². The van der Waals surface area contributed by atoms with E-state index in [1.54, 1.807) is 30.5 Å². The molecule has 1 aromatic heterocycles. The van der Waals surface area contributed by atoms with E-state index in [1.165, 1.54) is 6.42 Å². The van der Waals surface area contributed by atoms with E-state index >= 15 is 0 Å². The van der Waals surface area contributed by atoms with Crippen LogP contribution in [0.3, 0.4) is 0 Å². The van der Waals surface area contributed by atoms with E-state index in [1.807, 2.05) is 42.5 Å². The Bertz CT molecular complexity index is 1090. The van der Waals surface area contributed by atoms with Crippen molar-refractivity contribution in [2.75, 3.05) is 0 Å².